The predicted molar refractivity (Wildman–Crippen MR) is 140 cm³/mol. The van der Waals surface area contributed by atoms with E-state index in [1.54, 1.807) is 0 Å². The Morgan fingerprint density at radius 1 is 1.03 bits per heavy atom. The summed E-state index contributed by atoms with van der Waals surface area (Å²) in [6.45, 7) is 4.89. The summed E-state index contributed by atoms with van der Waals surface area (Å²) in [5.74, 6) is 0.743. The number of rotatable bonds is 10. The maximum Gasteiger partial charge on any atom is 0.211 e. The van der Waals surface area contributed by atoms with Crippen LogP contribution in [0, 0.1) is 0 Å². The van der Waals surface area contributed by atoms with E-state index in [9.17, 15) is 8.42 Å². The third-order valence-corrected chi connectivity index (χ3v) is 8.72. The molecule has 0 spiro atoms. The number of likely N-dealkylation sites (tertiary alicyclic amines) is 1. The molecule has 2 aromatic rings. The van der Waals surface area contributed by atoms with Crippen LogP contribution in [0.1, 0.15) is 67.2 Å². The first-order valence-corrected chi connectivity index (χ1v) is 14.1. The van der Waals surface area contributed by atoms with Crippen LogP contribution >= 0.6 is 12.4 Å². The maximum atomic E-state index is 11.9. The summed E-state index contributed by atoms with van der Waals surface area (Å²) >= 11 is 0. The van der Waals surface area contributed by atoms with Crippen LogP contribution in [0.2, 0.25) is 0 Å². The van der Waals surface area contributed by atoms with Gasteiger partial charge in [-0.1, -0.05) is 55.5 Å². The van der Waals surface area contributed by atoms with E-state index in [4.69, 9.17) is 0 Å². The summed E-state index contributed by atoms with van der Waals surface area (Å²) in [4.78, 5) is 2.74. The first-order chi connectivity index (χ1) is 15.6. The summed E-state index contributed by atoms with van der Waals surface area (Å²) in [5, 5.41) is 0. The number of benzene rings is 2. The Kier molecular flexibility index (Phi) is 9.81. The fourth-order valence-electron chi connectivity index (χ4n) is 5.57. The van der Waals surface area contributed by atoms with E-state index in [0.29, 0.717) is 24.9 Å². The van der Waals surface area contributed by atoms with Crippen molar-refractivity contribution in [3.8, 4) is 0 Å². The molecule has 2 aromatic carbocycles. The van der Waals surface area contributed by atoms with Gasteiger partial charge in [0.1, 0.15) is 0 Å². The molecule has 0 saturated carbocycles. The van der Waals surface area contributed by atoms with Gasteiger partial charge >= 0.3 is 0 Å². The minimum atomic E-state index is -3.12. The zero-order chi connectivity index (χ0) is 22.4. The Morgan fingerprint density at radius 2 is 1.79 bits per heavy atom. The van der Waals surface area contributed by atoms with E-state index in [1.165, 1.54) is 61.0 Å². The van der Waals surface area contributed by atoms with Crippen molar-refractivity contribution < 1.29 is 8.42 Å². The number of aryl methyl sites for hydroxylation is 2. The molecule has 1 N–H and O–H groups in total. The van der Waals surface area contributed by atoms with Crippen LogP contribution in [0.25, 0.3) is 0 Å². The molecule has 2 aliphatic rings. The fourth-order valence-corrected chi connectivity index (χ4v) is 6.71. The zero-order valence-corrected chi connectivity index (χ0v) is 21.5. The summed E-state index contributed by atoms with van der Waals surface area (Å²) in [7, 11) is -3.12. The summed E-state index contributed by atoms with van der Waals surface area (Å²) in [6, 6.07) is 18.6. The van der Waals surface area contributed by atoms with E-state index in [2.05, 4.69) is 58.2 Å². The van der Waals surface area contributed by atoms with Gasteiger partial charge in [-0.3, -0.25) is 4.90 Å². The van der Waals surface area contributed by atoms with Gasteiger partial charge < -0.3 is 0 Å². The van der Waals surface area contributed by atoms with Gasteiger partial charge in [0.05, 0.1) is 5.75 Å². The van der Waals surface area contributed by atoms with Gasteiger partial charge in [-0.15, -0.1) is 12.4 Å². The first kappa shape index (κ1) is 26.2. The lowest BCUT2D eigenvalue weighted by Gasteiger charge is -2.40. The van der Waals surface area contributed by atoms with Gasteiger partial charge in [-0.2, -0.15) is 0 Å². The van der Waals surface area contributed by atoms with Crippen LogP contribution in [0.3, 0.4) is 0 Å². The number of nitrogens with zero attached hydrogens (tertiary/aromatic N) is 1. The second-order valence-corrected chi connectivity index (χ2v) is 11.4. The third kappa shape index (κ3) is 7.05. The van der Waals surface area contributed by atoms with Crippen molar-refractivity contribution in [2.75, 3.05) is 25.4 Å². The Balaban J connectivity index is 0.00000306. The Labute approximate surface area is 206 Å². The molecule has 0 radical (unpaired) electrons. The van der Waals surface area contributed by atoms with Crippen LogP contribution in [-0.2, 0) is 29.3 Å². The highest BCUT2D eigenvalue weighted by atomic mass is 35.5. The molecule has 182 valence electrons. The van der Waals surface area contributed by atoms with Crippen molar-refractivity contribution in [3.05, 3.63) is 70.8 Å². The van der Waals surface area contributed by atoms with E-state index < -0.39 is 10.0 Å². The molecule has 0 amide bonds. The van der Waals surface area contributed by atoms with Gasteiger partial charge in [0.2, 0.25) is 10.0 Å². The second kappa shape index (κ2) is 12.3. The predicted octanol–water partition coefficient (Wildman–Crippen LogP) is 5.11. The van der Waals surface area contributed by atoms with Crippen molar-refractivity contribution >= 4 is 22.4 Å². The lowest BCUT2D eigenvalue weighted by molar-refractivity contribution is 0.188. The standard InChI is InChI=1S/C27H38N2O2S.ClH/c1-2-19-32(30,31)28-16-8-11-23-12-13-24-14-15-27(29-17-6-7-18-29)26(25(24)20-23)21-22-9-4-3-5-10-22;/h3-5,9-10,12-13,20,26-28H,2,6-8,11,14-19,21H2,1H3;1H. The molecule has 0 bridgehead atoms. The van der Waals surface area contributed by atoms with Crippen LogP contribution < -0.4 is 4.72 Å². The van der Waals surface area contributed by atoms with Crippen LogP contribution in [0.5, 0.6) is 0 Å². The van der Waals surface area contributed by atoms with Crippen molar-refractivity contribution in [3.63, 3.8) is 0 Å². The van der Waals surface area contributed by atoms with Gasteiger partial charge in [0.25, 0.3) is 0 Å². The fraction of sp³-hybridized carbons (Fsp3) is 0.556. The minimum absolute atomic E-state index is 0. The highest BCUT2D eigenvalue weighted by molar-refractivity contribution is 7.89. The average Bonchev–Trinajstić information content (AvgIpc) is 3.32. The molecule has 4 nitrogen and oxygen atoms in total. The van der Waals surface area contributed by atoms with Crippen molar-refractivity contribution in [2.24, 2.45) is 0 Å². The lowest BCUT2D eigenvalue weighted by atomic mass is 9.75. The van der Waals surface area contributed by atoms with Crippen LogP contribution in [-0.4, -0.2) is 44.7 Å². The number of hydrogen-bond donors (Lipinski definition) is 1. The smallest absolute Gasteiger partial charge is 0.211 e. The van der Waals surface area contributed by atoms with E-state index in [0.717, 1.165) is 19.3 Å². The van der Waals surface area contributed by atoms with Gasteiger partial charge in [-0.05, 0) is 86.7 Å². The second-order valence-electron chi connectivity index (χ2n) is 9.50. The molecule has 1 heterocycles. The molecule has 1 fully saturated rings. The quantitative estimate of drug-likeness (QED) is 0.471. The largest absolute Gasteiger partial charge is 0.300 e. The molecular formula is C27H39ClN2O2S. The summed E-state index contributed by atoms with van der Waals surface area (Å²) in [5.41, 5.74) is 5.79. The molecule has 6 heteroatoms. The monoisotopic (exact) mass is 490 g/mol. The number of nitrogens with one attached hydrogen (secondary N) is 1. The van der Waals surface area contributed by atoms with E-state index >= 15 is 0 Å². The lowest BCUT2D eigenvalue weighted by Crippen LogP contribution is -2.41. The Bertz CT molecular complexity index is 975. The van der Waals surface area contributed by atoms with Crippen molar-refractivity contribution in [2.45, 2.75) is 70.3 Å². The van der Waals surface area contributed by atoms with Gasteiger partial charge in [-0.25, -0.2) is 13.1 Å². The molecule has 2 unspecified atom stereocenters. The topological polar surface area (TPSA) is 49.4 Å². The third-order valence-electron chi connectivity index (χ3n) is 7.13. The summed E-state index contributed by atoms with van der Waals surface area (Å²) < 4.78 is 26.5. The Morgan fingerprint density at radius 3 is 2.52 bits per heavy atom. The maximum absolute atomic E-state index is 11.9. The normalized spacial score (nSPS) is 20.9. The molecule has 1 saturated heterocycles. The van der Waals surface area contributed by atoms with E-state index in [-0.39, 0.29) is 18.2 Å². The van der Waals surface area contributed by atoms with Gasteiger partial charge in [0, 0.05) is 18.5 Å². The number of hydrogen-bond acceptors (Lipinski definition) is 3. The molecule has 1 aliphatic heterocycles. The van der Waals surface area contributed by atoms with E-state index in [1.807, 2.05) is 6.92 Å². The highest BCUT2D eigenvalue weighted by Gasteiger charge is 2.34. The molecule has 4 rings (SSSR count). The van der Waals surface area contributed by atoms with Gasteiger partial charge in [0.15, 0.2) is 0 Å². The Hall–Kier alpha value is -1.40. The van der Waals surface area contributed by atoms with Crippen LogP contribution in [0.4, 0.5) is 0 Å². The van der Waals surface area contributed by atoms with Crippen molar-refractivity contribution in [1.29, 1.82) is 0 Å². The van der Waals surface area contributed by atoms with Crippen LogP contribution in [0.15, 0.2) is 48.5 Å². The van der Waals surface area contributed by atoms with Crippen molar-refractivity contribution in [1.82, 2.24) is 9.62 Å². The SMILES string of the molecule is CCCS(=O)(=O)NCCCc1ccc2c(c1)C(Cc1ccccc1)C(N1CCCC1)CC2.Cl. The number of halogens is 1. The number of fused-ring (bicyclic) bond motifs is 1. The molecule has 2 atom stereocenters. The average molecular weight is 491 g/mol. The minimum Gasteiger partial charge on any atom is -0.300 e. The molecule has 33 heavy (non-hydrogen) atoms. The molecule has 0 aromatic heterocycles. The highest BCUT2D eigenvalue weighted by Crippen LogP contribution is 2.39. The summed E-state index contributed by atoms with van der Waals surface area (Å²) in [6.07, 6.45) is 8.57. The number of sulfonamides is 1. The zero-order valence-electron chi connectivity index (χ0n) is 19.8. The first-order valence-electron chi connectivity index (χ1n) is 12.4. The molecular weight excluding hydrogens is 452 g/mol. The molecule has 1 aliphatic carbocycles.